The number of ether oxygens (including phenoxy) is 1. The lowest BCUT2D eigenvalue weighted by molar-refractivity contribution is -0.386. The quantitative estimate of drug-likeness (QED) is 0.488. The van der Waals surface area contributed by atoms with Crippen LogP contribution in [0, 0.1) is 24.0 Å². The summed E-state index contributed by atoms with van der Waals surface area (Å²) in [6.07, 6.45) is 0. The molecular formula is C14H13ClN2O3. The zero-order chi connectivity index (χ0) is 14.7. The molecular weight excluding hydrogens is 280 g/mol. The molecule has 0 fully saturated rings. The molecule has 0 aliphatic rings. The highest BCUT2D eigenvalue weighted by Gasteiger charge is 2.18. The van der Waals surface area contributed by atoms with Gasteiger partial charge in [0.1, 0.15) is 11.8 Å². The van der Waals surface area contributed by atoms with E-state index in [9.17, 15) is 10.1 Å². The Labute approximate surface area is 121 Å². The van der Waals surface area contributed by atoms with Crippen LogP contribution >= 0.6 is 11.6 Å². The van der Waals surface area contributed by atoms with Crippen LogP contribution in [0.25, 0.3) is 0 Å². The van der Waals surface area contributed by atoms with Gasteiger partial charge in [-0.1, -0.05) is 23.7 Å². The van der Waals surface area contributed by atoms with E-state index in [2.05, 4.69) is 4.98 Å². The van der Waals surface area contributed by atoms with Crippen LogP contribution in [0.1, 0.15) is 16.8 Å². The van der Waals surface area contributed by atoms with Gasteiger partial charge in [0.05, 0.1) is 10.6 Å². The van der Waals surface area contributed by atoms with E-state index < -0.39 is 4.92 Å². The van der Waals surface area contributed by atoms with Gasteiger partial charge in [-0.3, -0.25) is 10.1 Å². The minimum absolute atomic E-state index is 0.0375. The van der Waals surface area contributed by atoms with Gasteiger partial charge in [-0.2, -0.15) is 0 Å². The number of aromatic nitrogens is 1. The van der Waals surface area contributed by atoms with Gasteiger partial charge in [-0.05, 0) is 37.1 Å². The van der Waals surface area contributed by atoms with Crippen LogP contribution < -0.4 is 4.74 Å². The van der Waals surface area contributed by atoms with E-state index >= 15 is 0 Å². The molecule has 0 radical (unpaired) electrons. The predicted octanol–water partition coefficient (Wildman–Crippen LogP) is 3.84. The molecule has 0 bridgehead atoms. The zero-order valence-corrected chi connectivity index (χ0v) is 11.8. The van der Waals surface area contributed by atoms with Gasteiger partial charge in [-0.15, -0.1) is 0 Å². The lowest BCUT2D eigenvalue weighted by Crippen LogP contribution is -2.03. The van der Waals surface area contributed by atoms with Crippen molar-refractivity contribution in [3.8, 4) is 5.75 Å². The first kappa shape index (κ1) is 14.3. The first-order valence-corrected chi connectivity index (χ1v) is 6.35. The summed E-state index contributed by atoms with van der Waals surface area (Å²) in [4.78, 5) is 14.7. The van der Waals surface area contributed by atoms with Gasteiger partial charge in [0.25, 0.3) is 0 Å². The smallest absolute Gasteiger partial charge is 0.311 e. The number of hydrogen-bond acceptors (Lipinski definition) is 4. The molecule has 5 nitrogen and oxygen atoms in total. The third kappa shape index (κ3) is 3.24. The number of nitrogens with zero attached hydrogens (tertiary/aromatic N) is 2. The summed E-state index contributed by atoms with van der Waals surface area (Å²) in [5.74, 6) is 0.266. The summed E-state index contributed by atoms with van der Waals surface area (Å²) >= 11 is 5.79. The van der Waals surface area contributed by atoms with E-state index in [1.54, 1.807) is 25.1 Å². The lowest BCUT2D eigenvalue weighted by atomic mass is 10.1. The van der Waals surface area contributed by atoms with Crippen LogP contribution in [0.3, 0.4) is 0 Å². The number of pyridine rings is 1. The third-order valence-corrected chi connectivity index (χ3v) is 2.94. The number of hydrogen-bond donors (Lipinski definition) is 0. The molecule has 1 aromatic heterocycles. The molecule has 0 spiro atoms. The van der Waals surface area contributed by atoms with Crippen molar-refractivity contribution in [1.82, 2.24) is 4.98 Å². The molecule has 0 saturated heterocycles. The monoisotopic (exact) mass is 292 g/mol. The van der Waals surface area contributed by atoms with Crippen LogP contribution in [0.2, 0.25) is 5.15 Å². The van der Waals surface area contributed by atoms with Crippen molar-refractivity contribution in [3.05, 3.63) is 62.4 Å². The van der Waals surface area contributed by atoms with E-state index in [4.69, 9.17) is 16.3 Å². The van der Waals surface area contributed by atoms with Gasteiger partial charge in [0.2, 0.25) is 0 Å². The Hall–Kier alpha value is -2.14. The Bertz CT molecular complexity index is 659. The molecule has 0 N–H and O–H groups in total. The van der Waals surface area contributed by atoms with Crippen molar-refractivity contribution < 1.29 is 9.66 Å². The minimum atomic E-state index is -0.444. The van der Waals surface area contributed by atoms with Gasteiger partial charge < -0.3 is 4.74 Å². The molecule has 20 heavy (non-hydrogen) atoms. The number of aryl methyl sites for hydroxylation is 2. The highest BCUT2D eigenvalue weighted by molar-refractivity contribution is 6.29. The zero-order valence-electron chi connectivity index (χ0n) is 11.1. The van der Waals surface area contributed by atoms with Crippen molar-refractivity contribution in [2.24, 2.45) is 0 Å². The van der Waals surface area contributed by atoms with Gasteiger partial charge in [-0.25, -0.2) is 4.98 Å². The van der Waals surface area contributed by atoms with Crippen LogP contribution in [0.5, 0.6) is 5.75 Å². The second-order valence-electron chi connectivity index (χ2n) is 4.43. The average molecular weight is 293 g/mol. The number of nitro groups is 1. The van der Waals surface area contributed by atoms with Crippen LogP contribution in [0.4, 0.5) is 5.69 Å². The van der Waals surface area contributed by atoms with Crippen LogP contribution in [-0.2, 0) is 6.61 Å². The van der Waals surface area contributed by atoms with Crippen molar-refractivity contribution >= 4 is 17.3 Å². The van der Waals surface area contributed by atoms with Crippen molar-refractivity contribution in [1.29, 1.82) is 0 Å². The molecule has 0 aliphatic heterocycles. The Balaban J connectivity index is 2.27. The summed E-state index contributed by atoms with van der Waals surface area (Å²) in [7, 11) is 0. The number of rotatable bonds is 4. The maximum Gasteiger partial charge on any atom is 0.311 e. The standard InChI is InChI=1S/C14H13ClN2O3/c1-9-6-10(2)14(12(7-9)17(18)19)20-8-11-4-3-5-13(15)16-11/h3-7H,8H2,1-2H3. The fraction of sp³-hybridized carbons (Fsp3) is 0.214. The molecule has 0 amide bonds. The molecule has 6 heteroatoms. The summed E-state index contributed by atoms with van der Waals surface area (Å²) < 4.78 is 5.56. The fourth-order valence-electron chi connectivity index (χ4n) is 1.93. The summed E-state index contributed by atoms with van der Waals surface area (Å²) in [6, 6.07) is 8.50. The predicted molar refractivity (Wildman–Crippen MR) is 76.1 cm³/mol. The highest BCUT2D eigenvalue weighted by Crippen LogP contribution is 2.32. The topological polar surface area (TPSA) is 65.3 Å². The first-order chi connectivity index (χ1) is 9.47. The Morgan fingerprint density at radius 1 is 1.35 bits per heavy atom. The SMILES string of the molecule is Cc1cc(C)c(OCc2cccc(Cl)n2)c([N+](=O)[O-])c1. The summed E-state index contributed by atoms with van der Waals surface area (Å²) in [5.41, 5.74) is 2.12. The van der Waals surface area contributed by atoms with Gasteiger partial charge in [0, 0.05) is 6.07 Å². The minimum Gasteiger partial charge on any atom is -0.480 e. The number of halogens is 1. The van der Waals surface area contributed by atoms with Gasteiger partial charge >= 0.3 is 5.69 Å². The molecule has 2 aromatic rings. The first-order valence-electron chi connectivity index (χ1n) is 5.97. The van der Waals surface area contributed by atoms with Crippen molar-refractivity contribution in [2.45, 2.75) is 20.5 Å². The van der Waals surface area contributed by atoms with E-state index in [1.807, 2.05) is 13.0 Å². The molecule has 0 saturated carbocycles. The van der Waals surface area contributed by atoms with E-state index in [0.717, 1.165) is 11.1 Å². The van der Waals surface area contributed by atoms with Crippen LogP contribution in [-0.4, -0.2) is 9.91 Å². The largest absolute Gasteiger partial charge is 0.480 e. The number of benzene rings is 1. The molecule has 0 aliphatic carbocycles. The third-order valence-electron chi connectivity index (χ3n) is 2.73. The highest BCUT2D eigenvalue weighted by atomic mass is 35.5. The maximum absolute atomic E-state index is 11.1. The molecule has 2 rings (SSSR count). The van der Waals surface area contributed by atoms with Crippen LogP contribution in [0.15, 0.2) is 30.3 Å². The molecule has 0 unspecified atom stereocenters. The van der Waals surface area contributed by atoms with E-state index in [0.29, 0.717) is 10.8 Å². The Kier molecular flexibility index (Phi) is 4.20. The number of nitro benzene ring substituents is 1. The molecule has 1 aromatic carbocycles. The van der Waals surface area contributed by atoms with Crippen molar-refractivity contribution in [2.75, 3.05) is 0 Å². The fourth-order valence-corrected chi connectivity index (χ4v) is 2.11. The summed E-state index contributed by atoms with van der Waals surface area (Å²) in [6.45, 7) is 3.72. The molecule has 1 heterocycles. The average Bonchev–Trinajstić information content (AvgIpc) is 2.36. The Morgan fingerprint density at radius 3 is 2.75 bits per heavy atom. The molecule has 104 valence electrons. The normalized spacial score (nSPS) is 10.3. The summed E-state index contributed by atoms with van der Waals surface area (Å²) in [5, 5.41) is 11.4. The lowest BCUT2D eigenvalue weighted by Gasteiger charge is -2.10. The van der Waals surface area contributed by atoms with E-state index in [1.165, 1.54) is 6.07 Å². The Morgan fingerprint density at radius 2 is 2.10 bits per heavy atom. The maximum atomic E-state index is 11.1. The van der Waals surface area contributed by atoms with Gasteiger partial charge in [0.15, 0.2) is 5.75 Å². The molecule has 0 atom stereocenters. The second kappa shape index (κ2) is 5.88. The second-order valence-corrected chi connectivity index (χ2v) is 4.81. The van der Waals surface area contributed by atoms with E-state index in [-0.39, 0.29) is 18.0 Å². The van der Waals surface area contributed by atoms with Crippen molar-refractivity contribution in [3.63, 3.8) is 0 Å².